The van der Waals surface area contributed by atoms with Gasteiger partial charge in [-0.2, -0.15) is 0 Å². The van der Waals surface area contributed by atoms with Crippen molar-refractivity contribution in [3.8, 4) is 0 Å². The lowest BCUT2D eigenvalue weighted by Gasteiger charge is -2.19. The molecule has 0 radical (unpaired) electrons. The summed E-state index contributed by atoms with van der Waals surface area (Å²) in [5, 5.41) is 17.9. The van der Waals surface area contributed by atoms with Crippen molar-refractivity contribution in [3.63, 3.8) is 0 Å². The van der Waals surface area contributed by atoms with Crippen molar-refractivity contribution in [3.05, 3.63) is 0 Å². The van der Waals surface area contributed by atoms with Crippen molar-refractivity contribution in [2.75, 3.05) is 24.2 Å². The Balaban J connectivity index is 2.06. The van der Waals surface area contributed by atoms with Gasteiger partial charge in [0.1, 0.15) is 0 Å². The molecule has 7 heteroatoms. The van der Waals surface area contributed by atoms with E-state index in [0.717, 1.165) is 36.9 Å². The Morgan fingerprint density at radius 3 is 2.80 bits per heavy atom. The van der Waals surface area contributed by atoms with E-state index in [1.54, 1.807) is 0 Å². The molecule has 0 amide bonds. The quantitative estimate of drug-likeness (QED) is 0.557. The van der Waals surface area contributed by atoms with Crippen LogP contribution in [0.15, 0.2) is 5.16 Å². The van der Waals surface area contributed by atoms with Gasteiger partial charge in [-0.05, 0) is 19.3 Å². The SMILES string of the molecule is CCCCCN(C)c1nnc(SCC(=O)O)n1C1CC1. The maximum absolute atomic E-state index is 10.7. The van der Waals surface area contributed by atoms with Crippen LogP contribution < -0.4 is 4.90 Å². The van der Waals surface area contributed by atoms with Crippen molar-refractivity contribution in [2.45, 2.75) is 50.2 Å². The standard InChI is InChI=1S/C13H22N4O2S/c1-3-4-5-8-16(2)12-14-15-13(20-9-11(18)19)17(12)10-6-7-10/h10H,3-9H2,1-2H3,(H,18,19). The molecule has 1 N–H and O–H groups in total. The van der Waals surface area contributed by atoms with Crippen LogP contribution in [-0.4, -0.2) is 45.2 Å². The second-order valence-corrected chi connectivity index (χ2v) is 6.14. The van der Waals surface area contributed by atoms with E-state index in [1.807, 2.05) is 7.05 Å². The maximum Gasteiger partial charge on any atom is 0.313 e. The Kier molecular flexibility index (Phi) is 5.28. The average molecular weight is 298 g/mol. The third kappa shape index (κ3) is 3.88. The topological polar surface area (TPSA) is 71.2 Å². The zero-order valence-electron chi connectivity index (χ0n) is 12.1. The lowest BCUT2D eigenvalue weighted by Crippen LogP contribution is -2.22. The van der Waals surface area contributed by atoms with Crippen LogP contribution >= 0.6 is 11.8 Å². The monoisotopic (exact) mass is 298 g/mol. The Morgan fingerprint density at radius 1 is 1.45 bits per heavy atom. The van der Waals surface area contributed by atoms with Crippen LogP contribution in [0.2, 0.25) is 0 Å². The Bertz CT molecular complexity index is 459. The number of aliphatic carboxylic acids is 1. The number of rotatable bonds is 9. The van der Waals surface area contributed by atoms with Gasteiger partial charge in [0.05, 0.1) is 5.75 Å². The third-order valence-corrected chi connectivity index (χ3v) is 4.25. The molecule has 0 aromatic carbocycles. The number of carboxylic acids is 1. The Morgan fingerprint density at radius 2 is 2.20 bits per heavy atom. The van der Waals surface area contributed by atoms with E-state index in [-0.39, 0.29) is 5.75 Å². The largest absolute Gasteiger partial charge is 0.481 e. The molecule has 1 aromatic heterocycles. The van der Waals surface area contributed by atoms with Gasteiger partial charge in [-0.1, -0.05) is 31.5 Å². The minimum atomic E-state index is -0.821. The lowest BCUT2D eigenvalue weighted by atomic mass is 10.2. The summed E-state index contributed by atoms with van der Waals surface area (Å²) in [6.45, 7) is 3.15. The molecule has 1 fully saturated rings. The predicted molar refractivity (Wildman–Crippen MR) is 79.4 cm³/mol. The molecule has 112 valence electrons. The number of carbonyl (C=O) groups is 1. The molecule has 0 aliphatic heterocycles. The molecule has 0 bridgehead atoms. The molecular formula is C13H22N4O2S. The number of hydrogen-bond donors (Lipinski definition) is 1. The van der Waals surface area contributed by atoms with Gasteiger partial charge < -0.3 is 10.0 Å². The number of nitrogens with zero attached hydrogens (tertiary/aromatic N) is 4. The molecule has 0 saturated heterocycles. The molecule has 1 aliphatic rings. The number of unbranched alkanes of at least 4 members (excludes halogenated alkanes) is 2. The van der Waals surface area contributed by atoms with Gasteiger partial charge in [-0.3, -0.25) is 9.36 Å². The number of carboxylic acid groups (broad SMARTS) is 1. The summed E-state index contributed by atoms with van der Waals surface area (Å²) in [5.74, 6) is 0.0828. The Labute approximate surface area is 123 Å². The van der Waals surface area contributed by atoms with E-state index >= 15 is 0 Å². The smallest absolute Gasteiger partial charge is 0.313 e. The van der Waals surface area contributed by atoms with Crippen molar-refractivity contribution in [1.82, 2.24) is 14.8 Å². The highest BCUT2D eigenvalue weighted by atomic mass is 32.2. The highest BCUT2D eigenvalue weighted by Crippen LogP contribution is 2.40. The van der Waals surface area contributed by atoms with E-state index in [0.29, 0.717) is 6.04 Å². The molecule has 0 unspecified atom stereocenters. The number of anilines is 1. The second-order valence-electron chi connectivity index (χ2n) is 5.19. The first-order chi connectivity index (χ1) is 9.63. The van der Waals surface area contributed by atoms with E-state index in [9.17, 15) is 4.79 Å². The number of hydrogen-bond acceptors (Lipinski definition) is 5. The average Bonchev–Trinajstić information content (AvgIpc) is 3.16. The Hall–Kier alpha value is -1.24. The summed E-state index contributed by atoms with van der Waals surface area (Å²) in [6.07, 6.45) is 5.82. The summed E-state index contributed by atoms with van der Waals surface area (Å²) in [7, 11) is 2.03. The normalized spacial score (nSPS) is 14.5. The molecule has 6 nitrogen and oxygen atoms in total. The van der Waals surface area contributed by atoms with Crippen molar-refractivity contribution >= 4 is 23.7 Å². The minimum absolute atomic E-state index is 0.0321. The summed E-state index contributed by atoms with van der Waals surface area (Å²) < 4.78 is 2.11. The third-order valence-electron chi connectivity index (χ3n) is 3.32. The number of aromatic nitrogens is 3. The van der Waals surface area contributed by atoms with Crippen LogP contribution in [0.25, 0.3) is 0 Å². The van der Waals surface area contributed by atoms with Crippen molar-refractivity contribution < 1.29 is 9.90 Å². The summed E-state index contributed by atoms with van der Waals surface area (Å²) in [6, 6.07) is 0.449. The fourth-order valence-electron chi connectivity index (χ4n) is 2.11. The van der Waals surface area contributed by atoms with Gasteiger partial charge in [0.15, 0.2) is 5.16 Å². The maximum atomic E-state index is 10.7. The van der Waals surface area contributed by atoms with Gasteiger partial charge in [0.2, 0.25) is 5.95 Å². The highest BCUT2D eigenvalue weighted by Gasteiger charge is 2.31. The number of thioether (sulfide) groups is 1. The highest BCUT2D eigenvalue weighted by molar-refractivity contribution is 7.99. The first-order valence-electron chi connectivity index (χ1n) is 7.14. The molecule has 0 spiro atoms. The lowest BCUT2D eigenvalue weighted by molar-refractivity contribution is -0.133. The van der Waals surface area contributed by atoms with Crippen molar-refractivity contribution in [1.29, 1.82) is 0 Å². The van der Waals surface area contributed by atoms with Crippen molar-refractivity contribution in [2.24, 2.45) is 0 Å². The first kappa shape index (κ1) is 15.2. The molecule has 2 rings (SSSR count). The minimum Gasteiger partial charge on any atom is -0.481 e. The van der Waals surface area contributed by atoms with Crippen LogP contribution in [0.1, 0.15) is 45.1 Å². The molecule has 1 saturated carbocycles. The second kappa shape index (κ2) is 6.97. The van der Waals surface area contributed by atoms with Crippen LogP contribution in [0, 0.1) is 0 Å². The van der Waals surface area contributed by atoms with Crippen LogP contribution in [0.5, 0.6) is 0 Å². The molecule has 20 heavy (non-hydrogen) atoms. The zero-order chi connectivity index (χ0) is 14.5. The van der Waals surface area contributed by atoms with Crippen LogP contribution in [0.3, 0.4) is 0 Å². The molecule has 1 aromatic rings. The molecular weight excluding hydrogens is 276 g/mol. The van der Waals surface area contributed by atoms with E-state index in [1.165, 1.54) is 24.6 Å². The summed E-state index contributed by atoms with van der Waals surface area (Å²) in [4.78, 5) is 12.8. The summed E-state index contributed by atoms with van der Waals surface area (Å²) in [5.41, 5.74) is 0. The summed E-state index contributed by atoms with van der Waals surface area (Å²) >= 11 is 1.25. The van der Waals surface area contributed by atoms with Gasteiger partial charge in [-0.25, -0.2) is 0 Å². The van der Waals surface area contributed by atoms with Gasteiger partial charge in [-0.15, -0.1) is 10.2 Å². The van der Waals surface area contributed by atoms with Gasteiger partial charge in [0.25, 0.3) is 0 Å². The van der Waals surface area contributed by atoms with E-state index in [2.05, 4.69) is 26.6 Å². The van der Waals surface area contributed by atoms with Crippen LogP contribution in [-0.2, 0) is 4.79 Å². The first-order valence-corrected chi connectivity index (χ1v) is 8.12. The van der Waals surface area contributed by atoms with E-state index in [4.69, 9.17) is 5.11 Å². The predicted octanol–water partition coefficient (Wildman–Crippen LogP) is 2.42. The molecule has 1 aliphatic carbocycles. The fourth-order valence-corrected chi connectivity index (χ4v) is 2.83. The van der Waals surface area contributed by atoms with Crippen LogP contribution in [0.4, 0.5) is 5.95 Å². The van der Waals surface area contributed by atoms with E-state index < -0.39 is 5.97 Å². The molecule has 1 heterocycles. The van der Waals surface area contributed by atoms with Gasteiger partial charge in [0, 0.05) is 19.6 Å². The van der Waals surface area contributed by atoms with Gasteiger partial charge >= 0.3 is 5.97 Å². The fraction of sp³-hybridized carbons (Fsp3) is 0.769. The zero-order valence-corrected chi connectivity index (χ0v) is 12.9. The molecule has 0 atom stereocenters.